The van der Waals surface area contributed by atoms with Crippen molar-refractivity contribution < 1.29 is 9.90 Å². The van der Waals surface area contributed by atoms with Crippen molar-refractivity contribution in [1.29, 1.82) is 0 Å². The molecule has 28 heavy (non-hydrogen) atoms. The molecule has 2 heterocycles. The molecule has 0 spiro atoms. The van der Waals surface area contributed by atoms with Crippen LogP contribution in [-0.2, 0) is 19.4 Å². The lowest BCUT2D eigenvalue weighted by Crippen LogP contribution is -2.36. The SMILES string of the molecule is Cc1ccn(C2CCC(O)CC2)c(=O)c1C(=O)NCc1ncc2c(n1)CCC2. The maximum absolute atomic E-state index is 13.0. The molecular formula is C21H26N4O3. The van der Waals surface area contributed by atoms with E-state index in [0.29, 0.717) is 24.2 Å². The van der Waals surface area contributed by atoms with E-state index in [-0.39, 0.29) is 29.8 Å². The normalized spacial score (nSPS) is 21.4. The molecule has 0 saturated heterocycles. The number of carbonyl (C=O) groups excluding carboxylic acids is 1. The van der Waals surface area contributed by atoms with E-state index >= 15 is 0 Å². The second kappa shape index (κ2) is 7.83. The maximum atomic E-state index is 13.0. The second-order valence-electron chi connectivity index (χ2n) is 7.84. The van der Waals surface area contributed by atoms with E-state index in [4.69, 9.17) is 0 Å². The smallest absolute Gasteiger partial charge is 0.263 e. The molecule has 2 N–H and O–H groups in total. The number of hydrogen-bond acceptors (Lipinski definition) is 5. The van der Waals surface area contributed by atoms with Crippen LogP contribution in [0.1, 0.15) is 71.1 Å². The first-order valence-corrected chi connectivity index (χ1v) is 10.0. The van der Waals surface area contributed by atoms with Crippen LogP contribution in [0.25, 0.3) is 0 Å². The van der Waals surface area contributed by atoms with Gasteiger partial charge in [0.05, 0.1) is 12.6 Å². The number of hydrogen-bond donors (Lipinski definition) is 2. The van der Waals surface area contributed by atoms with Crippen molar-refractivity contribution in [1.82, 2.24) is 19.9 Å². The quantitative estimate of drug-likeness (QED) is 0.841. The van der Waals surface area contributed by atoms with Crippen LogP contribution >= 0.6 is 0 Å². The number of aromatic nitrogens is 3. The molecule has 1 amide bonds. The molecule has 0 atom stereocenters. The molecule has 1 fully saturated rings. The van der Waals surface area contributed by atoms with E-state index in [2.05, 4.69) is 15.3 Å². The van der Waals surface area contributed by atoms with E-state index in [1.807, 2.05) is 12.3 Å². The zero-order valence-electron chi connectivity index (χ0n) is 16.1. The Morgan fingerprint density at radius 2 is 2.07 bits per heavy atom. The van der Waals surface area contributed by atoms with Gasteiger partial charge in [0.15, 0.2) is 0 Å². The van der Waals surface area contributed by atoms with Crippen molar-refractivity contribution >= 4 is 5.91 Å². The molecule has 0 aromatic carbocycles. The van der Waals surface area contributed by atoms with Gasteiger partial charge in [0.2, 0.25) is 0 Å². The average molecular weight is 382 g/mol. The second-order valence-corrected chi connectivity index (χ2v) is 7.84. The third-order valence-corrected chi connectivity index (χ3v) is 5.89. The summed E-state index contributed by atoms with van der Waals surface area (Å²) in [6.07, 6.45) is 9.25. The van der Waals surface area contributed by atoms with Crippen molar-refractivity contribution in [2.75, 3.05) is 0 Å². The van der Waals surface area contributed by atoms with E-state index in [0.717, 1.165) is 37.8 Å². The topological polar surface area (TPSA) is 97.1 Å². The molecule has 0 aliphatic heterocycles. The van der Waals surface area contributed by atoms with Crippen LogP contribution < -0.4 is 10.9 Å². The molecule has 0 unspecified atom stereocenters. The van der Waals surface area contributed by atoms with Crippen LogP contribution in [0.2, 0.25) is 0 Å². The first-order valence-electron chi connectivity index (χ1n) is 10.0. The molecule has 2 aromatic heterocycles. The largest absolute Gasteiger partial charge is 0.393 e. The van der Waals surface area contributed by atoms with Gasteiger partial charge in [-0.3, -0.25) is 9.59 Å². The van der Waals surface area contributed by atoms with Crippen LogP contribution in [0.15, 0.2) is 23.3 Å². The molecule has 1 saturated carbocycles. The highest BCUT2D eigenvalue weighted by Gasteiger charge is 2.24. The standard InChI is InChI=1S/C21H26N4O3/c1-13-9-10-25(15-5-7-16(26)8-6-15)21(28)19(13)20(27)23-12-18-22-11-14-3-2-4-17(14)24-18/h9-11,15-16,26H,2-8,12H2,1H3,(H,23,27). The summed E-state index contributed by atoms with van der Waals surface area (Å²) in [5, 5.41) is 12.5. The lowest BCUT2D eigenvalue weighted by molar-refractivity contribution is 0.0943. The molecule has 0 bridgehead atoms. The van der Waals surface area contributed by atoms with E-state index < -0.39 is 5.91 Å². The molecule has 2 aliphatic rings. The zero-order valence-corrected chi connectivity index (χ0v) is 16.1. The number of amides is 1. The van der Waals surface area contributed by atoms with Crippen LogP contribution in [0.3, 0.4) is 0 Å². The number of rotatable bonds is 4. The lowest BCUT2D eigenvalue weighted by atomic mass is 9.92. The van der Waals surface area contributed by atoms with Crippen LogP contribution in [0.5, 0.6) is 0 Å². The Morgan fingerprint density at radius 1 is 1.29 bits per heavy atom. The molecule has 2 aliphatic carbocycles. The summed E-state index contributed by atoms with van der Waals surface area (Å²) in [6, 6.07) is 1.84. The fourth-order valence-corrected chi connectivity index (χ4v) is 4.23. The van der Waals surface area contributed by atoms with Crippen LogP contribution in [0.4, 0.5) is 0 Å². The number of nitrogens with one attached hydrogen (secondary N) is 1. The Hall–Kier alpha value is -2.54. The van der Waals surface area contributed by atoms with Gasteiger partial charge >= 0.3 is 0 Å². The van der Waals surface area contributed by atoms with E-state index in [9.17, 15) is 14.7 Å². The Kier molecular flexibility index (Phi) is 5.26. The zero-order chi connectivity index (χ0) is 19.7. The Balaban J connectivity index is 1.50. The van der Waals surface area contributed by atoms with Gasteiger partial charge < -0.3 is 15.0 Å². The predicted octanol–water partition coefficient (Wildman–Crippen LogP) is 1.84. The summed E-state index contributed by atoms with van der Waals surface area (Å²) in [4.78, 5) is 34.6. The van der Waals surface area contributed by atoms with Gasteiger partial charge in [0.25, 0.3) is 11.5 Å². The Labute approximate surface area is 163 Å². The fourth-order valence-electron chi connectivity index (χ4n) is 4.23. The first kappa shape index (κ1) is 18.8. The summed E-state index contributed by atoms with van der Waals surface area (Å²) in [5.41, 5.74) is 2.82. The van der Waals surface area contributed by atoms with Crippen LogP contribution in [-0.4, -0.2) is 31.7 Å². The van der Waals surface area contributed by atoms with Crippen LogP contribution in [0, 0.1) is 6.92 Å². The van der Waals surface area contributed by atoms with Gasteiger partial charge in [-0.15, -0.1) is 0 Å². The minimum atomic E-state index is -0.392. The Bertz CT molecular complexity index is 945. The summed E-state index contributed by atoms with van der Waals surface area (Å²) in [5.74, 6) is 0.181. The number of nitrogens with zero attached hydrogens (tertiary/aromatic N) is 3. The van der Waals surface area contributed by atoms with Gasteiger partial charge in [0, 0.05) is 24.1 Å². The fraction of sp³-hybridized carbons (Fsp3) is 0.524. The molecule has 7 nitrogen and oxygen atoms in total. The van der Waals surface area contributed by atoms with Crippen molar-refractivity contribution in [2.45, 2.75) is 70.6 Å². The molecule has 7 heteroatoms. The van der Waals surface area contributed by atoms with Gasteiger partial charge in [-0.2, -0.15) is 0 Å². The van der Waals surface area contributed by atoms with Crippen molar-refractivity contribution in [3.63, 3.8) is 0 Å². The molecule has 148 valence electrons. The first-order chi connectivity index (χ1) is 13.5. The number of aliphatic hydroxyl groups excluding tert-OH is 1. The van der Waals surface area contributed by atoms with E-state index in [1.54, 1.807) is 17.7 Å². The highest BCUT2D eigenvalue weighted by atomic mass is 16.3. The minimum absolute atomic E-state index is 0.0306. The van der Waals surface area contributed by atoms with E-state index in [1.165, 1.54) is 5.56 Å². The Morgan fingerprint density at radius 3 is 2.86 bits per heavy atom. The van der Waals surface area contributed by atoms with Gasteiger partial charge in [-0.1, -0.05) is 0 Å². The minimum Gasteiger partial charge on any atom is -0.393 e. The van der Waals surface area contributed by atoms with Gasteiger partial charge in [-0.05, 0) is 69.1 Å². The summed E-state index contributed by atoms with van der Waals surface area (Å²) < 4.78 is 1.65. The highest BCUT2D eigenvalue weighted by Crippen LogP contribution is 2.27. The third-order valence-electron chi connectivity index (χ3n) is 5.89. The maximum Gasteiger partial charge on any atom is 0.263 e. The van der Waals surface area contributed by atoms with Gasteiger partial charge in [-0.25, -0.2) is 9.97 Å². The summed E-state index contributed by atoms with van der Waals surface area (Å²) in [6.45, 7) is 1.98. The predicted molar refractivity (Wildman–Crippen MR) is 104 cm³/mol. The monoisotopic (exact) mass is 382 g/mol. The number of carbonyl (C=O) groups is 1. The third kappa shape index (κ3) is 3.71. The van der Waals surface area contributed by atoms with Crippen molar-refractivity contribution in [3.8, 4) is 0 Å². The van der Waals surface area contributed by atoms with Crippen molar-refractivity contribution in [3.05, 3.63) is 57.0 Å². The molecule has 4 rings (SSSR count). The molecule has 2 aromatic rings. The molecule has 0 radical (unpaired) electrons. The van der Waals surface area contributed by atoms with Gasteiger partial charge in [0.1, 0.15) is 11.4 Å². The lowest BCUT2D eigenvalue weighted by Gasteiger charge is -2.27. The number of aliphatic hydroxyl groups is 1. The number of fused-ring (bicyclic) bond motifs is 1. The van der Waals surface area contributed by atoms with Crippen molar-refractivity contribution in [2.24, 2.45) is 0 Å². The number of pyridine rings is 1. The summed E-state index contributed by atoms with van der Waals surface area (Å²) >= 11 is 0. The number of aryl methyl sites for hydroxylation is 3. The summed E-state index contributed by atoms with van der Waals surface area (Å²) in [7, 11) is 0. The average Bonchev–Trinajstić information content (AvgIpc) is 3.15. The highest BCUT2D eigenvalue weighted by molar-refractivity contribution is 5.95. The molecular weight excluding hydrogens is 356 g/mol.